The van der Waals surface area contributed by atoms with E-state index in [1.165, 1.54) is 0 Å². The zero-order valence-corrected chi connectivity index (χ0v) is 12.0. The summed E-state index contributed by atoms with van der Waals surface area (Å²) in [6, 6.07) is 9.55. The first-order valence-electron chi connectivity index (χ1n) is 6.56. The van der Waals surface area contributed by atoms with E-state index >= 15 is 0 Å². The van der Waals surface area contributed by atoms with Gasteiger partial charge in [0.1, 0.15) is 17.4 Å². The number of nitrogens with zero attached hydrogens (tertiary/aromatic N) is 2. The molecular formula is C15H19N3O2. The maximum absolute atomic E-state index is 5.79. The number of anilines is 1. The molecule has 106 valence electrons. The molecule has 0 radical (unpaired) electrons. The van der Waals surface area contributed by atoms with Gasteiger partial charge in [0.05, 0.1) is 6.61 Å². The van der Waals surface area contributed by atoms with Gasteiger partial charge < -0.3 is 14.8 Å². The Kier molecular flexibility index (Phi) is 4.90. The van der Waals surface area contributed by atoms with Gasteiger partial charge in [-0.1, -0.05) is 12.1 Å². The molecule has 1 heterocycles. The highest BCUT2D eigenvalue weighted by Crippen LogP contribution is 2.22. The van der Waals surface area contributed by atoms with Crippen molar-refractivity contribution in [2.75, 3.05) is 19.0 Å². The second kappa shape index (κ2) is 6.86. The summed E-state index contributed by atoms with van der Waals surface area (Å²) >= 11 is 0. The molecule has 2 aromatic rings. The molecule has 0 bridgehead atoms. The summed E-state index contributed by atoms with van der Waals surface area (Å²) in [6.07, 6.45) is 0. The third kappa shape index (κ3) is 3.93. The van der Waals surface area contributed by atoms with E-state index in [2.05, 4.69) is 15.3 Å². The van der Waals surface area contributed by atoms with Crippen LogP contribution in [0.2, 0.25) is 0 Å². The largest absolute Gasteiger partial charge is 0.439 e. The third-order valence-corrected chi connectivity index (χ3v) is 2.60. The predicted octanol–water partition coefficient (Wildman–Crippen LogP) is 3.16. The van der Waals surface area contributed by atoms with Crippen molar-refractivity contribution in [1.29, 1.82) is 0 Å². The number of aromatic nitrogens is 2. The van der Waals surface area contributed by atoms with Gasteiger partial charge in [0.2, 0.25) is 5.88 Å². The summed E-state index contributed by atoms with van der Waals surface area (Å²) in [7, 11) is 1.67. The Morgan fingerprint density at radius 3 is 2.80 bits per heavy atom. The minimum Gasteiger partial charge on any atom is -0.439 e. The molecule has 0 saturated heterocycles. The summed E-state index contributed by atoms with van der Waals surface area (Å²) in [5.41, 5.74) is 1.06. The molecule has 0 fully saturated rings. The van der Waals surface area contributed by atoms with E-state index in [1.807, 2.05) is 38.1 Å². The van der Waals surface area contributed by atoms with Crippen LogP contribution in [0.4, 0.5) is 5.82 Å². The molecule has 1 aromatic heterocycles. The van der Waals surface area contributed by atoms with Gasteiger partial charge in [-0.2, -0.15) is 4.98 Å². The quantitative estimate of drug-likeness (QED) is 0.876. The standard InChI is InChI=1S/C15H19N3O2/c1-4-16-14-9-15(18-11(2)17-14)20-13-7-5-6-12(8-13)10-19-3/h5-9H,4,10H2,1-3H3,(H,16,17,18). The maximum Gasteiger partial charge on any atom is 0.224 e. The zero-order valence-electron chi connectivity index (χ0n) is 12.0. The minimum atomic E-state index is 0.531. The lowest BCUT2D eigenvalue weighted by atomic mass is 10.2. The van der Waals surface area contributed by atoms with Crippen LogP contribution < -0.4 is 10.1 Å². The van der Waals surface area contributed by atoms with Gasteiger partial charge in [-0.05, 0) is 31.5 Å². The summed E-state index contributed by atoms with van der Waals surface area (Å²) in [4.78, 5) is 8.57. The lowest BCUT2D eigenvalue weighted by molar-refractivity contribution is 0.184. The van der Waals surface area contributed by atoms with E-state index < -0.39 is 0 Å². The van der Waals surface area contributed by atoms with Crippen LogP contribution in [0.5, 0.6) is 11.6 Å². The van der Waals surface area contributed by atoms with Gasteiger partial charge in [-0.25, -0.2) is 4.98 Å². The average Bonchev–Trinajstić information content (AvgIpc) is 2.39. The Labute approximate surface area is 119 Å². The fourth-order valence-electron chi connectivity index (χ4n) is 1.85. The minimum absolute atomic E-state index is 0.531. The topological polar surface area (TPSA) is 56.3 Å². The van der Waals surface area contributed by atoms with Crippen molar-refractivity contribution in [3.8, 4) is 11.6 Å². The van der Waals surface area contributed by atoms with Crippen molar-refractivity contribution in [1.82, 2.24) is 9.97 Å². The van der Waals surface area contributed by atoms with Gasteiger partial charge in [0.25, 0.3) is 0 Å². The first kappa shape index (κ1) is 14.3. The predicted molar refractivity (Wildman–Crippen MR) is 78.2 cm³/mol. The van der Waals surface area contributed by atoms with Gasteiger partial charge in [0.15, 0.2) is 0 Å². The van der Waals surface area contributed by atoms with Crippen LogP contribution >= 0.6 is 0 Å². The monoisotopic (exact) mass is 273 g/mol. The van der Waals surface area contributed by atoms with E-state index in [4.69, 9.17) is 9.47 Å². The molecule has 5 nitrogen and oxygen atoms in total. The molecule has 0 amide bonds. The number of rotatable bonds is 6. The molecular weight excluding hydrogens is 254 g/mol. The lowest BCUT2D eigenvalue weighted by Crippen LogP contribution is -2.02. The molecule has 0 saturated carbocycles. The Balaban J connectivity index is 2.18. The molecule has 0 aliphatic rings. The molecule has 5 heteroatoms. The fraction of sp³-hybridized carbons (Fsp3) is 0.333. The second-order valence-corrected chi connectivity index (χ2v) is 4.35. The van der Waals surface area contributed by atoms with Crippen molar-refractivity contribution in [3.63, 3.8) is 0 Å². The average molecular weight is 273 g/mol. The molecule has 0 aliphatic carbocycles. The van der Waals surface area contributed by atoms with Crippen molar-refractivity contribution in [2.24, 2.45) is 0 Å². The summed E-state index contributed by atoms with van der Waals surface area (Å²) < 4.78 is 10.9. The van der Waals surface area contributed by atoms with Crippen molar-refractivity contribution >= 4 is 5.82 Å². The normalized spacial score (nSPS) is 10.3. The Bertz CT molecular complexity index is 573. The Hall–Kier alpha value is -2.14. The number of nitrogens with one attached hydrogen (secondary N) is 1. The molecule has 20 heavy (non-hydrogen) atoms. The van der Waals surface area contributed by atoms with Crippen LogP contribution in [-0.2, 0) is 11.3 Å². The second-order valence-electron chi connectivity index (χ2n) is 4.35. The molecule has 0 unspecified atom stereocenters. The molecule has 2 rings (SSSR count). The first-order valence-corrected chi connectivity index (χ1v) is 6.56. The molecule has 0 spiro atoms. The van der Waals surface area contributed by atoms with Crippen LogP contribution in [0.15, 0.2) is 30.3 Å². The van der Waals surface area contributed by atoms with E-state index in [0.717, 1.165) is 23.7 Å². The number of methoxy groups -OCH3 is 1. The molecule has 0 atom stereocenters. The van der Waals surface area contributed by atoms with Gasteiger partial charge in [-0.3, -0.25) is 0 Å². The lowest BCUT2D eigenvalue weighted by Gasteiger charge is -2.09. The van der Waals surface area contributed by atoms with E-state index in [0.29, 0.717) is 18.3 Å². The highest BCUT2D eigenvalue weighted by molar-refractivity contribution is 5.40. The van der Waals surface area contributed by atoms with Crippen molar-refractivity contribution in [2.45, 2.75) is 20.5 Å². The van der Waals surface area contributed by atoms with Crippen molar-refractivity contribution < 1.29 is 9.47 Å². The van der Waals surface area contributed by atoms with Gasteiger partial charge >= 0.3 is 0 Å². The van der Waals surface area contributed by atoms with E-state index in [9.17, 15) is 0 Å². The van der Waals surface area contributed by atoms with Gasteiger partial charge in [0, 0.05) is 19.7 Å². The van der Waals surface area contributed by atoms with Crippen LogP contribution in [0.3, 0.4) is 0 Å². The summed E-state index contributed by atoms with van der Waals surface area (Å²) in [5, 5.41) is 3.16. The number of ether oxygens (including phenoxy) is 2. The molecule has 1 N–H and O–H groups in total. The van der Waals surface area contributed by atoms with Gasteiger partial charge in [-0.15, -0.1) is 0 Å². The fourth-order valence-corrected chi connectivity index (χ4v) is 1.85. The van der Waals surface area contributed by atoms with Crippen molar-refractivity contribution in [3.05, 3.63) is 41.7 Å². The summed E-state index contributed by atoms with van der Waals surface area (Å²) in [5.74, 6) is 2.71. The number of benzene rings is 1. The number of hydrogen-bond donors (Lipinski definition) is 1. The third-order valence-electron chi connectivity index (χ3n) is 2.60. The smallest absolute Gasteiger partial charge is 0.224 e. The van der Waals surface area contributed by atoms with E-state index in [1.54, 1.807) is 13.2 Å². The SMILES string of the molecule is CCNc1cc(Oc2cccc(COC)c2)nc(C)n1. The number of hydrogen-bond acceptors (Lipinski definition) is 5. The van der Waals surface area contributed by atoms with Crippen LogP contribution in [0.25, 0.3) is 0 Å². The summed E-state index contributed by atoms with van der Waals surface area (Å²) in [6.45, 7) is 5.23. The Morgan fingerprint density at radius 1 is 1.20 bits per heavy atom. The van der Waals surface area contributed by atoms with Crippen LogP contribution in [0.1, 0.15) is 18.3 Å². The highest BCUT2D eigenvalue weighted by atomic mass is 16.5. The highest BCUT2D eigenvalue weighted by Gasteiger charge is 2.04. The molecule has 0 aliphatic heterocycles. The Morgan fingerprint density at radius 2 is 2.05 bits per heavy atom. The first-order chi connectivity index (χ1) is 9.71. The zero-order chi connectivity index (χ0) is 14.4. The molecule has 1 aromatic carbocycles. The number of aryl methyl sites for hydroxylation is 1. The van der Waals surface area contributed by atoms with E-state index in [-0.39, 0.29) is 0 Å². The van der Waals surface area contributed by atoms with Crippen LogP contribution in [-0.4, -0.2) is 23.6 Å². The van der Waals surface area contributed by atoms with Crippen LogP contribution in [0, 0.1) is 6.92 Å². The maximum atomic E-state index is 5.79.